The van der Waals surface area contributed by atoms with E-state index in [0.29, 0.717) is 10.7 Å². The van der Waals surface area contributed by atoms with E-state index >= 15 is 0 Å². The van der Waals surface area contributed by atoms with Crippen LogP contribution in [0.4, 0.5) is 5.69 Å². The van der Waals surface area contributed by atoms with Gasteiger partial charge in [0.05, 0.1) is 10.6 Å². The van der Waals surface area contributed by atoms with Crippen LogP contribution in [0.15, 0.2) is 83.8 Å². The summed E-state index contributed by atoms with van der Waals surface area (Å²) in [6.45, 7) is 1.31. The average Bonchev–Trinajstić information content (AvgIpc) is 2.95. The fourth-order valence-corrected chi connectivity index (χ4v) is 6.85. The van der Waals surface area contributed by atoms with Gasteiger partial charge in [-0.05, 0) is 96.5 Å². The van der Waals surface area contributed by atoms with Crippen molar-refractivity contribution in [2.75, 3.05) is 10.8 Å². The number of hydrogen-bond acceptors (Lipinski definition) is 4. The molecule has 2 amide bonds. The van der Waals surface area contributed by atoms with Gasteiger partial charge in [0.25, 0.3) is 10.0 Å². The Morgan fingerprint density at radius 1 is 0.975 bits per heavy atom. The van der Waals surface area contributed by atoms with Gasteiger partial charge in [0.2, 0.25) is 11.8 Å². The first-order valence-corrected chi connectivity index (χ1v) is 16.2. The Morgan fingerprint density at radius 2 is 1.65 bits per heavy atom. The second kappa shape index (κ2) is 13.8. The Labute approximate surface area is 255 Å². The van der Waals surface area contributed by atoms with Crippen molar-refractivity contribution in [3.8, 4) is 0 Å². The summed E-state index contributed by atoms with van der Waals surface area (Å²) in [6.07, 6.45) is 5.11. The van der Waals surface area contributed by atoms with Gasteiger partial charge in [-0.2, -0.15) is 0 Å². The lowest BCUT2D eigenvalue weighted by molar-refractivity contribution is -0.139. The third kappa shape index (κ3) is 7.76. The van der Waals surface area contributed by atoms with Crippen molar-refractivity contribution in [1.82, 2.24) is 10.2 Å². The lowest BCUT2D eigenvalue weighted by Gasteiger charge is -2.33. The predicted octanol–water partition coefficient (Wildman–Crippen LogP) is 6.01. The monoisotopic (exact) mass is 693 g/mol. The number of hydrogen-bond donors (Lipinski definition) is 1. The number of halogens is 2. The fraction of sp³-hybridized carbons (Fsp3) is 0.333. The second-order valence-electron chi connectivity index (χ2n) is 9.97. The second-order valence-corrected chi connectivity index (χ2v) is 13.5. The largest absolute Gasteiger partial charge is 0.352 e. The van der Waals surface area contributed by atoms with E-state index in [0.717, 1.165) is 45.5 Å². The summed E-state index contributed by atoms with van der Waals surface area (Å²) in [5.74, 6) is -0.752. The van der Waals surface area contributed by atoms with Crippen molar-refractivity contribution in [3.63, 3.8) is 0 Å². The van der Waals surface area contributed by atoms with E-state index in [4.69, 9.17) is 11.6 Å². The van der Waals surface area contributed by atoms with Crippen molar-refractivity contribution < 1.29 is 18.0 Å². The van der Waals surface area contributed by atoms with Gasteiger partial charge in [-0.1, -0.05) is 61.2 Å². The highest BCUT2D eigenvalue weighted by molar-refractivity contribution is 14.1. The zero-order valence-electron chi connectivity index (χ0n) is 22.3. The molecule has 0 unspecified atom stereocenters. The molecule has 0 bridgehead atoms. The van der Waals surface area contributed by atoms with E-state index in [1.54, 1.807) is 67.6 Å². The molecule has 1 aliphatic rings. The molecule has 1 N–H and O–H groups in total. The third-order valence-corrected chi connectivity index (χ3v) is 9.83. The summed E-state index contributed by atoms with van der Waals surface area (Å²) in [5, 5.41) is 3.62. The smallest absolute Gasteiger partial charge is 0.264 e. The van der Waals surface area contributed by atoms with Gasteiger partial charge >= 0.3 is 0 Å². The number of carbonyl (C=O) groups is 2. The highest BCUT2D eigenvalue weighted by Crippen LogP contribution is 2.26. The van der Waals surface area contributed by atoms with Gasteiger partial charge in [0, 0.05) is 21.2 Å². The maximum Gasteiger partial charge on any atom is 0.264 e. The Hall–Kier alpha value is -2.63. The number of nitrogens with zero attached hydrogens (tertiary/aromatic N) is 2. The molecule has 1 saturated carbocycles. The lowest BCUT2D eigenvalue weighted by atomic mass is 9.95. The quantitative estimate of drug-likeness (QED) is 0.264. The van der Waals surface area contributed by atoms with Crippen LogP contribution in [0.25, 0.3) is 0 Å². The van der Waals surface area contributed by atoms with E-state index in [2.05, 4.69) is 27.9 Å². The molecule has 0 aliphatic heterocycles. The SMILES string of the molecule is C[C@@H](C(=O)NC1CCCCC1)N(Cc1cccc(Cl)c1)C(=O)CN(c1ccc(I)cc1)S(=O)(=O)c1ccccc1. The number of sulfonamides is 1. The number of amides is 2. The number of rotatable bonds is 10. The molecule has 1 aliphatic carbocycles. The number of benzene rings is 3. The first-order chi connectivity index (χ1) is 19.1. The van der Waals surface area contributed by atoms with Crippen molar-refractivity contribution in [1.29, 1.82) is 0 Å². The van der Waals surface area contributed by atoms with Gasteiger partial charge in [0.15, 0.2) is 0 Å². The number of anilines is 1. The summed E-state index contributed by atoms with van der Waals surface area (Å²) in [4.78, 5) is 28.9. The maximum atomic E-state index is 14.0. The van der Waals surface area contributed by atoms with Crippen LogP contribution in [-0.2, 0) is 26.2 Å². The molecule has 0 spiro atoms. The zero-order valence-corrected chi connectivity index (χ0v) is 26.0. The molecular formula is C30H33ClIN3O4S. The molecule has 0 aromatic heterocycles. The van der Waals surface area contributed by atoms with Gasteiger partial charge < -0.3 is 10.2 Å². The lowest BCUT2D eigenvalue weighted by Crippen LogP contribution is -2.53. The molecule has 1 atom stereocenters. The van der Waals surface area contributed by atoms with E-state index in [-0.39, 0.29) is 23.4 Å². The van der Waals surface area contributed by atoms with Gasteiger partial charge in [-0.15, -0.1) is 0 Å². The molecule has 4 rings (SSSR count). The molecule has 0 heterocycles. The van der Waals surface area contributed by atoms with E-state index < -0.39 is 28.5 Å². The molecule has 7 nitrogen and oxygen atoms in total. The van der Waals surface area contributed by atoms with Crippen LogP contribution in [0.2, 0.25) is 5.02 Å². The van der Waals surface area contributed by atoms with Crippen LogP contribution < -0.4 is 9.62 Å². The van der Waals surface area contributed by atoms with Crippen molar-refractivity contribution >= 4 is 61.7 Å². The summed E-state index contributed by atoms with van der Waals surface area (Å²) in [7, 11) is -4.08. The zero-order chi connectivity index (χ0) is 28.7. The van der Waals surface area contributed by atoms with Crippen molar-refractivity contribution in [2.24, 2.45) is 0 Å². The Bertz CT molecular complexity index is 1410. The molecule has 3 aromatic carbocycles. The maximum absolute atomic E-state index is 14.0. The highest BCUT2D eigenvalue weighted by Gasteiger charge is 2.33. The van der Waals surface area contributed by atoms with Crippen LogP contribution >= 0.6 is 34.2 Å². The normalized spacial score (nSPS) is 14.8. The Balaban J connectivity index is 1.66. The first-order valence-electron chi connectivity index (χ1n) is 13.3. The first kappa shape index (κ1) is 30.3. The standard InChI is InChI=1S/C30H33ClIN3O4S/c1-22(30(37)33-26-11-4-2-5-12-26)34(20-23-9-8-10-24(31)19-23)29(36)21-35(27-17-15-25(32)16-18-27)40(38,39)28-13-6-3-7-14-28/h3,6-10,13-19,22,26H,2,4-5,11-12,20-21H2,1H3,(H,33,37)/t22-/m0/s1. The van der Waals surface area contributed by atoms with Crippen LogP contribution in [0, 0.1) is 3.57 Å². The number of carbonyl (C=O) groups excluding carboxylic acids is 2. The topological polar surface area (TPSA) is 86.8 Å². The molecule has 40 heavy (non-hydrogen) atoms. The van der Waals surface area contributed by atoms with Crippen molar-refractivity contribution in [2.45, 2.75) is 62.6 Å². The van der Waals surface area contributed by atoms with Gasteiger partial charge in [-0.3, -0.25) is 13.9 Å². The minimum atomic E-state index is -4.08. The average molecular weight is 694 g/mol. The minimum absolute atomic E-state index is 0.0748. The highest BCUT2D eigenvalue weighted by atomic mass is 127. The van der Waals surface area contributed by atoms with Gasteiger partial charge in [0.1, 0.15) is 12.6 Å². The van der Waals surface area contributed by atoms with Crippen LogP contribution in [-0.4, -0.2) is 43.8 Å². The Kier molecular flexibility index (Phi) is 10.5. The molecular weight excluding hydrogens is 661 g/mol. The molecule has 0 saturated heterocycles. The summed E-state index contributed by atoms with van der Waals surface area (Å²) in [5.41, 5.74) is 1.10. The predicted molar refractivity (Wildman–Crippen MR) is 167 cm³/mol. The molecule has 0 radical (unpaired) electrons. The molecule has 10 heteroatoms. The summed E-state index contributed by atoms with van der Waals surface area (Å²) < 4.78 is 29.6. The molecule has 3 aromatic rings. The minimum Gasteiger partial charge on any atom is -0.352 e. The van der Waals surface area contributed by atoms with E-state index in [9.17, 15) is 18.0 Å². The van der Waals surface area contributed by atoms with E-state index in [1.165, 1.54) is 17.0 Å². The van der Waals surface area contributed by atoms with Crippen LogP contribution in [0.5, 0.6) is 0 Å². The van der Waals surface area contributed by atoms with E-state index in [1.807, 2.05) is 6.07 Å². The fourth-order valence-electron chi connectivity index (χ4n) is 4.84. The van der Waals surface area contributed by atoms with Crippen molar-refractivity contribution in [3.05, 3.63) is 93.0 Å². The summed E-state index contributed by atoms with van der Waals surface area (Å²) in [6, 6.07) is 21.3. The molecule has 1 fully saturated rings. The van der Waals surface area contributed by atoms with Crippen LogP contribution in [0.3, 0.4) is 0 Å². The van der Waals surface area contributed by atoms with Crippen LogP contribution in [0.1, 0.15) is 44.6 Å². The third-order valence-electron chi connectivity index (χ3n) is 7.09. The number of nitrogens with one attached hydrogen (secondary N) is 1. The molecule has 212 valence electrons. The van der Waals surface area contributed by atoms with Gasteiger partial charge in [-0.25, -0.2) is 8.42 Å². The Morgan fingerprint density at radius 3 is 2.30 bits per heavy atom. The summed E-state index contributed by atoms with van der Waals surface area (Å²) >= 11 is 8.36.